The van der Waals surface area contributed by atoms with Gasteiger partial charge in [-0.25, -0.2) is 0 Å². The molecule has 2 N–H and O–H groups in total. The number of rotatable bonds is 2. The number of aliphatic hydroxyl groups is 1. The molecular formula is C15H22O4. The molecule has 3 fully saturated rings. The van der Waals surface area contributed by atoms with Crippen molar-refractivity contribution in [1.82, 2.24) is 0 Å². The van der Waals surface area contributed by atoms with E-state index in [-0.39, 0.29) is 29.6 Å². The second-order valence-electron chi connectivity index (χ2n) is 7.17. The van der Waals surface area contributed by atoms with E-state index in [0.29, 0.717) is 25.2 Å². The molecule has 0 heterocycles. The highest BCUT2D eigenvalue weighted by atomic mass is 16.4. The Morgan fingerprint density at radius 3 is 2.63 bits per heavy atom. The van der Waals surface area contributed by atoms with Crippen molar-refractivity contribution in [2.75, 3.05) is 6.61 Å². The molecule has 3 aliphatic rings. The molecule has 0 spiro atoms. The van der Waals surface area contributed by atoms with Crippen LogP contribution in [0.1, 0.15) is 39.5 Å². The maximum Gasteiger partial charge on any atom is 0.307 e. The monoisotopic (exact) mass is 266 g/mol. The molecule has 0 aromatic carbocycles. The Bertz CT molecular complexity index is 445. The smallest absolute Gasteiger partial charge is 0.307 e. The summed E-state index contributed by atoms with van der Waals surface area (Å²) in [4.78, 5) is 23.8. The van der Waals surface area contributed by atoms with Gasteiger partial charge >= 0.3 is 5.97 Å². The van der Waals surface area contributed by atoms with E-state index in [0.717, 1.165) is 6.42 Å². The molecule has 0 aromatic rings. The van der Waals surface area contributed by atoms with Gasteiger partial charge in [-0.2, -0.15) is 0 Å². The molecule has 0 aliphatic heterocycles. The van der Waals surface area contributed by atoms with E-state index in [2.05, 4.69) is 6.92 Å². The maximum absolute atomic E-state index is 12.1. The lowest BCUT2D eigenvalue weighted by atomic mass is 9.59. The van der Waals surface area contributed by atoms with Crippen LogP contribution >= 0.6 is 0 Å². The number of Topliss-reactive ketones (excluding diaryl/α,β-unsaturated/α-hetero) is 1. The first-order valence-electron chi connectivity index (χ1n) is 7.23. The summed E-state index contributed by atoms with van der Waals surface area (Å²) in [6.07, 6.45) is 2.70. The zero-order valence-corrected chi connectivity index (χ0v) is 11.6. The Balaban J connectivity index is 2.12. The fraction of sp³-hybridized carbons (Fsp3) is 0.867. The number of aliphatic carboxylic acids is 1. The van der Waals surface area contributed by atoms with E-state index >= 15 is 0 Å². The van der Waals surface area contributed by atoms with E-state index in [1.54, 1.807) is 0 Å². The molecule has 0 radical (unpaired) electrons. The third-order valence-corrected chi connectivity index (χ3v) is 6.57. The molecule has 6 atom stereocenters. The number of carboxylic acid groups (broad SMARTS) is 1. The fourth-order valence-corrected chi connectivity index (χ4v) is 5.70. The molecule has 3 saturated carbocycles. The maximum atomic E-state index is 12.1. The summed E-state index contributed by atoms with van der Waals surface area (Å²) in [6, 6.07) is 0. The van der Waals surface area contributed by atoms with Crippen LogP contribution in [0, 0.1) is 34.5 Å². The first-order valence-corrected chi connectivity index (χ1v) is 7.23. The van der Waals surface area contributed by atoms with Gasteiger partial charge < -0.3 is 10.2 Å². The van der Waals surface area contributed by atoms with Crippen molar-refractivity contribution in [3.8, 4) is 0 Å². The van der Waals surface area contributed by atoms with Gasteiger partial charge in [0.05, 0.1) is 5.92 Å². The lowest BCUT2D eigenvalue weighted by Gasteiger charge is -2.43. The normalized spacial score (nSPS) is 52.3. The van der Waals surface area contributed by atoms with E-state index in [4.69, 9.17) is 0 Å². The second-order valence-corrected chi connectivity index (χ2v) is 7.17. The Hall–Kier alpha value is -0.900. The van der Waals surface area contributed by atoms with Crippen molar-refractivity contribution in [3.63, 3.8) is 0 Å². The van der Waals surface area contributed by atoms with Gasteiger partial charge in [0.25, 0.3) is 0 Å². The molecule has 0 saturated heterocycles. The highest BCUT2D eigenvalue weighted by molar-refractivity contribution is 5.87. The molecule has 2 bridgehead atoms. The van der Waals surface area contributed by atoms with Gasteiger partial charge in [-0.1, -0.05) is 13.8 Å². The Morgan fingerprint density at radius 2 is 2.05 bits per heavy atom. The topological polar surface area (TPSA) is 74.6 Å². The molecule has 0 unspecified atom stereocenters. The van der Waals surface area contributed by atoms with Crippen molar-refractivity contribution in [3.05, 3.63) is 0 Å². The lowest BCUT2D eigenvalue weighted by Crippen LogP contribution is -2.44. The summed E-state index contributed by atoms with van der Waals surface area (Å²) in [6.45, 7) is 4.08. The summed E-state index contributed by atoms with van der Waals surface area (Å²) in [5.41, 5.74) is -0.604. The van der Waals surface area contributed by atoms with Crippen LogP contribution in [0.25, 0.3) is 0 Å². The van der Waals surface area contributed by atoms with Gasteiger partial charge in [-0.15, -0.1) is 0 Å². The molecule has 4 nitrogen and oxygen atoms in total. The summed E-state index contributed by atoms with van der Waals surface area (Å²) >= 11 is 0. The number of carboxylic acids is 1. The zero-order chi connectivity index (χ0) is 14.0. The van der Waals surface area contributed by atoms with Gasteiger partial charge in [-0.3, -0.25) is 9.59 Å². The van der Waals surface area contributed by atoms with Crippen LogP contribution in [0.4, 0.5) is 0 Å². The average molecular weight is 266 g/mol. The van der Waals surface area contributed by atoms with Crippen LogP contribution in [0.3, 0.4) is 0 Å². The molecule has 3 rings (SSSR count). The highest BCUT2D eigenvalue weighted by Gasteiger charge is 2.70. The van der Waals surface area contributed by atoms with Crippen LogP contribution in [0.5, 0.6) is 0 Å². The second kappa shape index (κ2) is 3.81. The van der Waals surface area contributed by atoms with Gasteiger partial charge in [-0.05, 0) is 41.9 Å². The predicted molar refractivity (Wildman–Crippen MR) is 68.4 cm³/mol. The predicted octanol–water partition coefficient (Wildman–Crippen LogP) is 1.71. The minimum atomic E-state index is -0.757. The molecule has 19 heavy (non-hydrogen) atoms. The molecule has 4 heteroatoms. The number of hydrogen-bond donors (Lipinski definition) is 2. The first-order chi connectivity index (χ1) is 8.86. The Kier molecular flexibility index (Phi) is 2.63. The van der Waals surface area contributed by atoms with E-state index in [1.807, 2.05) is 6.92 Å². The van der Waals surface area contributed by atoms with Crippen molar-refractivity contribution in [1.29, 1.82) is 0 Å². The van der Waals surface area contributed by atoms with Crippen LogP contribution in [-0.2, 0) is 9.59 Å². The van der Waals surface area contributed by atoms with E-state index < -0.39 is 17.3 Å². The Morgan fingerprint density at radius 1 is 1.37 bits per heavy atom. The van der Waals surface area contributed by atoms with Gasteiger partial charge in [0, 0.05) is 18.9 Å². The molecule has 0 aromatic heterocycles. The van der Waals surface area contributed by atoms with E-state index in [9.17, 15) is 19.8 Å². The number of hydrogen-bond acceptors (Lipinski definition) is 3. The molecule has 106 valence electrons. The quantitative estimate of drug-likeness (QED) is 0.798. The van der Waals surface area contributed by atoms with Crippen molar-refractivity contribution in [2.45, 2.75) is 39.5 Å². The Labute approximate surface area is 113 Å². The minimum absolute atomic E-state index is 0.100. The van der Waals surface area contributed by atoms with Crippen LogP contribution in [0.2, 0.25) is 0 Å². The highest BCUT2D eigenvalue weighted by Crippen LogP contribution is 2.72. The summed E-state index contributed by atoms with van der Waals surface area (Å²) in [5, 5.41) is 19.3. The SMILES string of the molecule is C[C@@H]1C(=O)C[C@@H]2[C@H]3CC[C@H](C(=O)O)[C@@]12C[C@@]3(C)CO. The molecule has 3 aliphatic carbocycles. The van der Waals surface area contributed by atoms with Crippen LogP contribution in [0.15, 0.2) is 0 Å². The van der Waals surface area contributed by atoms with Crippen molar-refractivity contribution in [2.24, 2.45) is 34.5 Å². The van der Waals surface area contributed by atoms with Crippen LogP contribution < -0.4 is 0 Å². The summed E-state index contributed by atoms with van der Waals surface area (Å²) in [5.74, 6) is -0.641. The summed E-state index contributed by atoms with van der Waals surface area (Å²) < 4.78 is 0. The third kappa shape index (κ3) is 1.38. The molecular weight excluding hydrogens is 244 g/mol. The molecule has 0 amide bonds. The van der Waals surface area contributed by atoms with Crippen molar-refractivity contribution < 1.29 is 19.8 Å². The third-order valence-electron chi connectivity index (χ3n) is 6.57. The lowest BCUT2D eigenvalue weighted by molar-refractivity contribution is -0.152. The number of carbonyl (C=O) groups excluding carboxylic acids is 1. The van der Waals surface area contributed by atoms with Gasteiger partial charge in [0.2, 0.25) is 0 Å². The number of ketones is 1. The number of carbonyl (C=O) groups is 2. The zero-order valence-electron chi connectivity index (χ0n) is 11.6. The van der Waals surface area contributed by atoms with E-state index in [1.165, 1.54) is 0 Å². The average Bonchev–Trinajstić information content (AvgIpc) is 2.68. The standard InChI is InChI=1S/C15H22O4/c1-8-12(17)5-11-9-3-4-10(13(18)19)15(8,11)6-14(9,2)7-16/h8-11,16H,3-7H2,1-2H3,(H,18,19)/t8-,9-,10-,11-,14+,15-/m1/s1. The van der Waals surface area contributed by atoms with Crippen molar-refractivity contribution >= 4 is 11.8 Å². The minimum Gasteiger partial charge on any atom is -0.481 e. The number of aliphatic hydroxyl groups excluding tert-OH is 1. The summed E-state index contributed by atoms with van der Waals surface area (Å²) in [7, 11) is 0. The van der Waals surface area contributed by atoms with Gasteiger partial charge in [0.15, 0.2) is 0 Å². The largest absolute Gasteiger partial charge is 0.481 e. The first kappa shape index (κ1) is 13.1. The van der Waals surface area contributed by atoms with Gasteiger partial charge in [0.1, 0.15) is 5.78 Å². The fourth-order valence-electron chi connectivity index (χ4n) is 5.70. The van der Waals surface area contributed by atoms with Crippen LogP contribution in [-0.4, -0.2) is 28.6 Å².